The van der Waals surface area contributed by atoms with Gasteiger partial charge in [-0.05, 0) is 116 Å². The summed E-state index contributed by atoms with van der Waals surface area (Å²) in [6, 6.07) is 58.4. The molecule has 0 aliphatic rings. The van der Waals surface area contributed by atoms with Gasteiger partial charge in [-0.2, -0.15) is 0 Å². The van der Waals surface area contributed by atoms with Crippen molar-refractivity contribution in [1.29, 1.82) is 0 Å². The van der Waals surface area contributed by atoms with E-state index in [2.05, 4.69) is 167 Å². The first-order chi connectivity index (χ1) is 23.8. The smallest absolute Gasteiger partial charge is 0.115 e. The first kappa shape index (κ1) is 29.0. The number of nitrogens with zero attached hydrogens (tertiary/aromatic N) is 3. The lowest BCUT2D eigenvalue weighted by Crippen LogP contribution is -1.88. The zero-order chi connectivity index (χ0) is 32.1. The fraction of sp³-hybridized carbons (Fsp3) is 0. The lowest BCUT2D eigenvalue weighted by Gasteiger charge is -2.14. The predicted octanol–water partition coefficient (Wildman–Crippen LogP) is 11.5. The van der Waals surface area contributed by atoms with E-state index < -0.39 is 0 Å². The molecule has 0 amide bonds. The topological polar surface area (TPSA) is 38.7 Å². The van der Waals surface area contributed by atoms with Crippen LogP contribution >= 0.6 is 0 Å². The Morgan fingerprint density at radius 3 is 1.15 bits per heavy atom. The van der Waals surface area contributed by atoms with E-state index in [4.69, 9.17) is 0 Å². The summed E-state index contributed by atoms with van der Waals surface area (Å²) in [5.41, 5.74) is 15.9. The van der Waals surface area contributed by atoms with Gasteiger partial charge in [0.05, 0.1) is 5.69 Å². The second-order valence-electron chi connectivity index (χ2n) is 11.8. The highest BCUT2D eigenvalue weighted by Crippen LogP contribution is 2.36. The average molecular weight is 614 g/mol. The Morgan fingerprint density at radius 1 is 0.271 bits per heavy atom. The van der Waals surface area contributed by atoms with Crippen LogP contribution in [0.25, 0.3) is 78.0 Å². The minimum Gasteiger partial charge on any atom is -0.256 e. The van der Waals surface area contributed by atoms with E-state index in [1.165, 1.54) is 38.9 Å². The van der Waals surface area contributed by atoms with Crippen LogP contribution in [0.2, 0.25) is 0 Å². The Hall–Kier alpha value is -6.45. The molecule has 0 radical (unpaired) electrons. The van der Waals surface area contributed by atoms with Crippen molar-refractivity contribution in [2.75, 3.05) is 0 Å². The van der Waals surface area contributed by atoms with Gasteiger partial charge >= 0.3 is 0 Å². The molecule has 226 valence electrons. The normalized spacial score (nSPS) is 10.9. The molecule has 0 aliphatic carbocycles. The van der Waals surface area contributed by atoms with Gasteiger partial charge in [0.1, 0.15) is 6.33 Å². The van der Waals surface area contributed by atoms with Gasteiger partial charge in [0, 0.05) is 29.7 Å². The van der Waals surface area contributed by atoms with Gasteiger partial charge in [-0.3, -0.25) is 4.98 Å². The molecule has 0 bridgehead atoms. The second kappa shape index (κ2) is 13.1. The molecule has 0 unspecified atom stereocenters. The Kier molecular flexibility index (Phi) is 7.92. The van der Waals surface area contributed by atoms with E-state index in [9.17, 15) is 0 Å². The number of pyridine rings is 1. The first-order valence-corrected chi connectivity index (χ1v) is 16.1. The molecule has 0 spiro atoms. The largest absolute Gasteiger partial charge is 0.256 e. The summed E-state index contributed by atoms with van der Waals surface area (Å²) < 4.78 is 0. The molecule has 0 saturated heterocycles. The second-order valence-corrected chi connectivity index (χ2v) is 11.8. The summed E-state index contributed by atoms with van der Waals surface area (Å²) >= 11 is 0. The minimum absolute atomic E-state index is 0.971. The Morgan fingerprint density at radius 2 is 0.646 bits per heavy atom. The molecule has 0 fully saturated rings. The van der Waals surface area contributed by atoms with Crippen molar-refractivity contribution in [2.24, 2.45) is 0 Å². The zero-order valence-electron chi connectivity index (χ0n) is 26.2. The van der Waals surface area contributed by atoms with Crippen LogP contribution in [0.3, 0.4) is 0 Å². The van der Waals surface area contributed by atoms with Crippen molar-refractivity contribution >= 4 is 0 Å². The van der Waals surface area contributed by atoms with Gasteiger partial charge in [-0.25, -0.2) is 9.97 Å². The minimum atomic E-state index is 0.971. The molecule has 2 heterocycles. The third-order valence-electron chi connectivity index (χ3n) is 8.68. The lowest BCUT2D eigenvalue weighted by atomic mass is 9.91. The van der Waals surface area contributed by atoms with Crippen LogP contribution < -0.4 is 0 Å². The summed E-state index contributed by atoms with van der Waals surface area (Å²) in [4.78, 5) is 13.0. The highest BCUT2D eigenvalue weighted by Gasteiger charge is 2.11. The number of benzene rings is 6. The quantitative estimate of drug-likeness (QED) is 0.179. The van der Waals surface area contributed by atoms with Gasteiger partial charge in [0.25, 0.3) is 0 Å². The van der Waals surface area contributed by atoms with Gasteiger partial charge in [-0.15, -0.1) is 0 Å². The van der Waals surface area contributed by atoms with Crippen molar-refractivity contribution in [2.45, 2.75) is 0 Å². The van der Waals surface area contributed by atoms with Crippen molar-refractivity contribution in [1.82, 2.24) is 15.0 Å². The van der Waals surface area contributed by atoms with Crippen LogP contribution in [0.15, 0.2) is 189 Å². The molecule has 8 aromatic rings. The molecule has 0 N–H and O–H groups in total. The molecule has 48 heavy (non-hydrogen) atoms. The fourth-order valence-corrected chi connectivity index (χ4v) is 6.23. The van der Waals surface area contributed by atoms with Gasteiger partial charge in [0.2, 0.25) is 0 Å². The first-order valence-electron chi connectivity index (χ1n) is 16.1. The predicted molar refractivity (Wildman–Crippen MR) is 198 cm³/mol. The molecule has 8 rings (SSSR count). The molecular weight excluding hydrogens is 583 g/mol. The van der Waals surface area contributed by atoms with Crippen molar-refractivity contribution < 1.29 is 0 Å². The van der Waals surface area contributed by atoms with Gasteiger partial charge in [-0.1, -0.05) is 109 Å². The van der Waals surface area contributed by atoms with E-state index in [-0.39, 0.29) is 0 Å². The maximum atomic E-state index is 4.56. The van der Waals surface area contributed by atoms with Gasteiger partial charge < -0.3 is 0 Å². The van der Waals surface area contributed by atoms with Gasteiger partial charge in [0.15, 0.2) is 0 Å². The molecule has 6 aromatic carbocycles. The third-order valence-corrected chi connectivity index (χ3v) is 8.68. The van der Waals surface area contributed by atoms with Crippen LogP contribution in [0.5, 0.6) is 0 Å². The third kappa shape index (κ3) is 6.18. The summed E-state index contributed by atoms with van der Waals surface area (Å²) in [7, 11) is 0. The molecule has 3 heteroatoms. The number of hydrogen-bond acceptors (Lipinski definition) is 3. The molecule has 2 aromatic heterocycles. The monoisotopic (exact) mass is 613 g/mol. The van der Waals surface area contributed by atoms with E-state index in [0.717, 1.165) is 39.1 Å². The van der Waals surface area contributed by atoms with Crippen LogP contribution in [0.4, 0.5) is 0 Å². The summed E-state index contributed by atoms with van der Waals surface area (Å²) in [6.07, 6.45) is 7.11. The highest BCUT2D eigenvalue weighted by atomic mass is 14.8. The van der Waals surface area contributed by atoms with E-state index in [0.29, 0.717) is 0 Å². The number of hydrogen-bond donors (Lipinski definition) is 0. The maximum absolute atomic E-state index is 4.56. The van der Waals surface area contributed by atoms with Crippen molar-refractivity contribution in [3.05, 3.63) is 189 Å². The summed E-state index contributed by atoms with van der Waals surface area (Å²) in [5.74, 6) is 0. The van der Waals surface area contributed by atoms with Crippen LogP contribution in [-0.4, -0.2) is 15.0 Å². The fourth-order valence-electron chi connectivity index (χ4n) is 6.23. The Labute approximate surface area is 280 Å². The standard InChI is InChI=1S/C45H31N3/c1-2-10-32(11-3-1)41-26-42(37-16-6-12-33(22-37)35-14-8-18-39(24-35)44-29-46-31-47-30-44)28-43(27-41)38-17-7-13-34(23-38)36-15-9-19-40(25-36)45-20-4-5-21-48-45/h1-31H. The zero-order valence-corrected chi connectivity index (χ0v) is 26.2. The van der Waals surface area contributed by atoms with E-state index in [1.807, 2.05) is 30.7 Å². The number of aromatic nitrogens is 3. The number of rotatable bonds is 7. The molecule has 3 nitrogen and oxygen atoms in total. The highest BCUT2D eigenvalue weighted by molar-refractivity contribution is 5.85. The molecule has 0 atom stereocenters. The Balaban J connectivity index is 1.20. The van der Waals surface area contributed by atoms with Crippen LogP contribution in [0, 0.1) is 0 Å². The van der Waals surface area contributed by atoms with E-state index >= 15 is 0 Å². The van der Waals surface area contributed by atoms with Crippen molar-refractivity contribution in [3.8, 4) is 78.0 Å². The maximum Gasteiger partial charge on any atom is 0.115 e. The molecule has 0 saturated carbocycles. The van der Waals surface area contributed by atoms with Crippen molar-refractivity contribution in [3.63, 3.8) is 0 Å². The summed E-state index contributed by atoms with van der Waals surface area (Å²) in [5, 5.41) is 0. The summed E-state index contributed by atoms with van der Waals surface area (Å²) in [6.45, 7) is 0. The Bertz CT molecular complexity index is 2190. The van der Waals surface area contributed by atoms with E-state index in [1.54, 1.807) is 6.33 Å². The molecular formula is C45H31N3. The lowest BCUT2D eigenvalue weighted by molar-refractivity contribution is 1.17. The average Bonchev–Trinajstić information content (AvgIpc) is 3.19. The molecule has 0 aliphatic heterocycles. The SMILES string of the molecule is c1ccc(-c2cc(-c3cccc(-c4cccc(-c5cncnc5)c4)c3)cc(-c3cccc(-c4cccc(-c5ccccn5)c4)c3)c2)cc1. The van der Waals surface area contributed by atoms with Crippen LogP contribution in [0.1, 0.15) is 0 Å². The van der Waals surface area contributed by atoms with Crippen LogP contribution in [-0.2, 0) is 0 Å².